The van der Waals surface area contributed by atoms with Crippen molar-refractivity contribution < 1.29 is 0 Å². The normalized spacial score (nSPS) is 17.4. The van der Waals surface area contributed by atoms with Crippen LogP contribution in [-0.4, -0.2) is 16.0 Å². The Morgan fingerprint density at radius 2 is 2.00 bits per heavy atom. The second kappa shape index (κ2) is 5.96. The lowest BCUT2D eigenvalue weighted by Crippen LogP contribution is -2.19. The Morgan fingerprint density at radius 1 is 1.29 bits per heavy atom. The van der Waals surface area contributed by atoms with E-state index in [4.69, 9.17) is 18.0 Å². The number of anilines is 1. The second-order valence-corrected chi connectivity index (χ2v) is 5.07. The molecule has 1 fully saturated rings. The van der Waals surface area contributed by atoms with Crippen LogP contribution in [-0.2, 0) is 0 Å². The molecule has 2 rings (SSSR count). The molecule has 3 N–H and O–H groups in total. The van der Waals surface area contributed by atoms with E-state index in [0.29, 0.717) is 11.0 Å². The van der Waals surface area contributed by atoms with Gasteiger partial charge in [0.05, 0.1) is 0 Å². The van der Waals surface area contributed by atoms with Gasteiger partial charge in [0.15, 0.2) is 0 Å². The average Bonchev–Trinajstić information content (AvgIpc) is 2.58. The van der Waals surface area contributed by atoms with Crippen molar-refractivity contribution in [3.8, 4) is 0 Å². The first-order valence-electron chi connectivity index (χ1n) is 6.28. The van der Waals surface area contributed by atoms with Crippen molar-refractivity contribution in [3.05, 3.63) is 23.9 Å². The van der Waals surface area contributed by atoms with Gasteiger partial charge in [-0.1, -0.05) is 37.9 Å². The number of nitrogens with one attached hydrogen (secondary N) is 1. The van der Waals surface area contributed by atoms with Gasteiger partial charge in [0.1, 0.15) is 10.8 Å². The van der Waals surface area contributed by atoms with Crippen molar-refractivity contribution in [3.63, 3.8) is 0 Å². The van der Waals surface area contributed by atoms with Crippen molar-refractivity contribution in [2.24, 2.45) is 5.73 Å². The number of hydrogen-bond donors (Lipinski definition) is 2. The molecule has 4 heteroatoms. The highest BCUT2D eigenvalue weighted by atomic mass is 32.1. The van der Waals surface area contributed by atoms with Crippen LogP contribution in [0.4, 0.5) is 5.82 Å². The van der Waals surface area contributed by atoms with Crippen LogP contribution in [0.25, 0.3) is 0 Å². The van der Waals surface area contributed by atoms with E-state index in [1.54, 1.807) is 6.20 Å². The molecular weight excluding hydrogens is 230 g/mol. The highest BCUT2D eigenvalue weighted by molar-refractivity contribution is 7.80. The molecule has 1 heterocycles. The molecule has 0 amide bonds. The number of pyridine rings is 1. The number of nitrogens with zero attached hydrogens (tertiary/aromatic N) is 1. The summed E-state index contributed by atoms with van der Waals surface area (Å²) in [5.74, 6) is 0.891. The summed E-state index contributed by atoms with van der Waals surface area (Å²) in [5, 5.41) is 3.49. The van der Waals surface area contributed by atoms with Crippen molar-refractivity contribution >= 4 is 23.0 Å². The molecule has 1 aromatic heterocycles. The zero-order chi connectivity index (χ0) is 12.1. The van der Waals surface area contributed by atoms with Gasteiger partial charge >= 0.3 is 0 Å². The maximum absolute atomic E-state index is 5.62. The molecule has 1 aliphatic rings. The molecule has 17 heavy (non-hydrogen) atoms. The van der Waals surface area contributed by atoms with Crippen LogP contribution >= 0.6 is 12.2 Å². The second-order valence-electron chi connectivity index (χ2n) is 4.63. The van der Waals surface area contributed by atoms with Gasteiger partial charge in [0.25, 0.3) is 0 Å². The van der Waals surface area contributed by atoms with E-state index >= 15 is 0 Å². The van der Waals surface area contributed by atoms with E-state index in [-0.39, 0.29) is 0 Å². The molecule has 0 aliphatic heterocycles. The van der Waals surface area contributed by atoms with Crippen molar-refractivity contribution in [2.45, 2.75) is 44.6 Å². The molecule has 0 aromatic carbocycles. The third kappa shape index (κ3) is 3.66. The highest BCUT2D eigenvalue weighted by Crippen LogP contribution is 2.20. The number of aromatic nitrogens is 1. The first-order valence-corrected chi connectivity index (χ1v) is 6.69. The average molecular weight is 249 g/mol. The third-order valence-corrected chi connectivity index (χ3v) is 3.49. The lowest BCUT2D eigenvalue weighted by Gasteiger charge is -2.17. The first-order chi connectivity index (χ1) is 8.25. The smallest absolute Gasteiger partial charge is 0.126 e. The Morgan fingerprint density at radius 3 is 2.65 bits per heavy atom. The van der Waals surface area contributed by atoms with E-state index in [2.05, 4.69) is 10.3 Å². The van der Waals surface area contributed by atoms with Crippen molar-refractivity contribution in [2.75, 3.05) is 5.32 Å². The molecule has 0 unspecified atom stereocenters. The summed E-state index contributed by atoms with van der Waals surface area (Å²) in [6.07, 6.45) is 9.57. The molecule has 1 saturated carbocycles. The summed E-state index contributed by atoms with van der Waals surface area (Å²) in [5.41, 5.74) is 6.50. The lowest BCUT2D eigenvalue weighted by atomic mass is 10.1. The molecule has 1 aliphatic carbocycles. The molecule has 0 atom stereocenters. The molecule has 3 nitrogen and oxygen atoms in total. The molecule has 1 aromatic rings. The quantitative estimate of drug-likeness (QED) is 0.639. The monoisotopic (exact) mass is 249 g/mol. The Bertz CT molecular complexity index is 384. The lowest BCUT2D eigenvalue weighted by molar-refractivity contribution is 0.617. The van der Waals surface area contributed by atoms with Crippen LogP contribution < -0.4 is 11.1 Å². The molecular formula is C13H19N3S. The minimum Gasteiger partial charge on any atom is -0.389 e. The zero-order valence-electron chi connectivity index (χ0n) is 9.98. The molecule has 92 valence electrons. The van der Waals surface area contributed by atoms with Crippen LogP contribution in [0.3, 0.4) is 0 Å². The van der Waals surface area contributed by atoms with Gasteiger partial charge in [-0.15, -0.1) is 0 Å². The maximum Gasteiger partial charge on any atom is 0.126 e. The molecule has 0 bridgehead atoms. The molecule has 0 saturated heterocycles. The van der Waals surface area contributed by atoms with Crippen LogP contribution in [0, 0.1) is 0 Å². The topological polar surface area (TPSA) is 50.9 Å². The van der Waals surface area contributed by atoms with E-state index in [1.165, 1.54) is 38.5 Å². The Hall–Kier alpha value is -1.16. The van der Waals surface area contributed by atoms with E-state index < -0.39 is 0 Å². The Labute approximate surface area is 108 Å². The number of nitrogens with two attached hydrogens (primary N) is 1. The molecule has 0 radical (unpaired) electrons. The summed E-state index contributed by atoms with van der Waals surface area (Å²) >= 11 is 4.97. The van der Waals surface area contributed by atoms with Crippen molar-refractivity contribution in [1.82, 2.24) is 4.98 Å². The van der Waals surface area contributed by atoms with Crippen molar-refractivity contribution in [1.29, 1.82) is 0 Å². The van der Waals surface area contributed by atoms with Crippen LogP contribution in [0.1, 0.15) is 44.1 Å². The third-order valence-electron chi connectivity index (χ3n) is 3.25. The summed E-state index contributed by atoms with van der Waals surface area (Å²) in [6.45, 7) is 0. The van der Waals surface area contributed by atoms with Gasteiger partial charge in [0, 0.05) is 17.8 Å². The fraction of sp³-hybridized carbons (Fsp3) is 0.538. The van der Waals surface area contributed by atoms with Gasteiger partial charge in [-0.05, 0) is 25.0 Å². The standard InChI is InChI=1S/C13H19N3S/c14-13(17)10-7-8-15-12(9-10)16-11-5-3-1-2-4-6-11/h7-9,11H,1-6H2,(H2,14,17)(H,15,16). The minimum absolute atomic E-state index is 0.427. The highest BCUT2D eigenvalue weighted by Gasteiger charge is 2.12. The predicted octanol–water partition coefficient (Wildman–Crippen LogP) is 2.85. The van der Waals surface area contributed by atoms with Gasteiger partial charge < -0.3 is 11.1 Å². The fourth-order valence-corrected chi connectivity index (χ4v) is 2.42. The minimum atomic E-state index is 0.427. The number of rotatable bonds is 3. The van der Waals surface area contributed by atoms with Gasteiger partial charge in [0.2, 0.25) is 0 Å². The number of hydrogen-bond acceptors (Lipinski definition) is 3. The predicted molar refractivity (Wildman–Crippen MR) is 75.2 cm³/mol. The van der Waals surface area contributed by atoms with Gasteiger partial charge in [-0.2, -0.15) is 0 Å². The summed E-state index contributed by atoms with van der Waals surface area (Å²) in [4.78, 5) is 4.75. The van der Waals surface area contributed by atoms with Crippen LogP contribution in [0.15, 0.2) is 18.3 Å². The maximum atomic E-state index is 5.62. The Balaban J connectivity index is 2.01. The van der Waals surface area contributed by atoms with Gasteiger partial charge in [-0.25, -0.2) is 4.98 Å². The zero-order valence-corrected chi connectivity index (χ0v) is 10.8. The van der Waals surface area contributed by atoms with E-state index in [9.17, 15) is 0 Å². The van der Waals surface area contributed by atoms with Crippen LogP contribution in [0.5, 0.6) is 0 Å². The largest absolute Gasteiger partial charge is 0.389 e. The van der Waals surface area contributed by atoms with Gasteiger partial charge in [-0.3, -0.25) is 0 Å². The van der Waals surface area contributed by atoms with E-state index in [0.717, 1.165) is 11.4 Å². The first kappa shape index (κ1) is 12.3. The Kier molecular flexibility index (Phi) is 4.31. The SMILES string of the molecule is NC(=S)c1ccnc(NC2CCCCCC2)c1. The van der Waals surface area contributed by atoms with Crippen LogP contribution in [0.2, 0.25) is 0 Å². The fourth-order valence-electron chi connectivity index (χ4n) is 2.30. The summed E-state index contributed by atoms with van der Waals surface area (Å²) < 4.78 is 0. The van der Waals surface area contributed by atoms with E-state index in [1.807, 2.05) is 12.1 Å². The molecule has 0 spiro atoms. The summed E-state index contributed by atoms with van der Waals surface area (Å²) in [7, 11) is 0. The summed E-state index contributed by atoms with van der Waals surface area (Å²) in [6, 6.07) is 4.33. The number of thiocarbonyl (C=S) groups is 1.